The molecule has 3 nitrogen and oxygen atoms in total. The highest BCUT2D eigenvalue weighted by Gasteiger charge is 2.47. The molecule has 0 spiro atoms. The van der Waals surface area contributed by atoms with E-state index in [0.29, 0.717) is 15.6 Å². The van der Waals surface area contributed by atoms with Gasteiger partial charge in [-0.1, -0.05) is 77.8 Å². The second-order valence-corrected chi connectivity index (χ2v) is 10.2. The average molecular weight is 464 g/mol. The van der Waals surface area contributed by atoms with E-state index in [1.54, 1.807) is 30.5 Å². The van der Waals surface area contributed by atoms with Crippen LogP contribution < -0.4 is 0 Å². The number of aliphatic hydroxyl groups is 1. The molecule has 0 bridgehead atoms. The summed E-state index contributed by atoms with van der Waals surface area (Å²) in [7, 11) is 0. The molecule has 0 radical (unpaired) electrons. The molecule has 0 fully saturated rings. The molecule has 4 aromatic rings. The van der Waals surface area contributed by atoms with E-state index in [9.17, 15) is 9.90 Å². The molecule has 1 aromatic heterocycles. The highest BCUT2D eigenvalue weighted by atomic mass is 35.5. The zero-order valence-electron chi connectivity index (χ0n) is 18.1. The van der Waals surface area contributed by atoms with Crippen molar-refractivity contribution >= 4 is 40.0 Å². The Labute approximate surface area is 197 Å². The molecule has 0 unspecified atom stereocenters. The van der Waals surface area contributed by atoms with E-state index in [0.717, 1.165) is 33.3 Å². The van der Waals surface area contributed by atoms with Crippen molar-refractivity contribution in [1.29, 1.82) is 0 Å². The lowest BCUT2D eigenvalue weighted by molar-refractivity contribution is 0.0378. The number of hydrogen-bond donors (Lipinski definition) is 1. The van der Waals surface area contributed by atoms with Crippen LogP contribution in [0, 0.1) is 0 Å². The third-order valence-corrected chi connectivity index (χ3v) is 6.80. The Morgan fingerprint density at radius 3 is 2.34 bits per heavy atom. The van der Waals surface area contributed by atoms with E-state index in [-0.39, 0.29) is 12.3 Å². The van der Waals surface area contributed by atoms with Crippen molar-refractivity contribution in [2.24, 2.45) is 0 Å². The highest BCUT2D eigenvalue weighted by Crippen LogP contribution is 2.52. The van der Waals surface area contributed by atoms with Gasteiger partial charge in [-0.3, -0.25) is 9.36 Å². The zero-order chi connectivity index (χ0) is 22.8. The number of carbonyl (C=O) groups is 1. The first-order chi connectivity index (χ1) is 15.1. The maximum Gasteiger partial charge on any atom is 0.242 e. The summed E-state index contributed by atoms with van der Waals surface area (Å²) in [5.41, 5.74) is 3.29. The molecule has 1 aliphatic rings. The van der Waals surface area contributed by atoms with Gasteiger partial charge in [0.2, 0.25) is 5.91 Å². The summed E-state index contributed by atoms with van der Waals surface area (Å²) < 4.78 is 1.75. The van der Waals surface area contributed by atoms with Crippen LogP contribution in [0.3, 0.4) is 0 Å². The van der Waals surface area contributed by atoms with Gasteiger partial charge in [-0.2, -0.15) is 0 Å². The molecule has 3 aromatic carbocycles. The van der Waals surface area contributed by atoms with Gasteiger partial charge in [-0.05, 0) is 50.5 Å². The minimum Gasteiger partial charge on any atom is -0.390 e. The SMILES string of the molecule is CC(C)(O)C[C@@]1(C)C(=O)n2c(c(-c3ccccc3)c3c(Cl)cc(Cl)cc32)-c2ccccc21. The monoisotopic (exact) mass is 463 g/mol. The largest absolute Gasteiger partial charge is 0.390 e. The number of nitrogens with zero attached hydrogens (tertiary/aromatic N) is 1. The van der Waals surface area contributed by atoms with Crippen LogP contribution in [0.4, 0.5) is 0 Å². The number of rotatable bonds is 3. The highest BCUT2D eigenvalue weighted by molar-refractivity contribution is 6.40. The molecule has 32 heavy (non-hydrogen) atoms. The fourth-order valence-corrected chi connectivity index (χ4v) is 5.83. The minimum absolute atomic E-state index is 0.0983. The van der Waals surface area contributed by atoms with Gasteiger partial charge in [0.1, 0.15) is 0 Å². The fraction of sp³-hybridized carbons (Fsp3) is 0.222. The van der Waals surface area contributed by atoms with Gasteiger partial charge in [-0.25, -0.2) is 0 Å². The number of benzene rings is 3. The first kappa shape index (κ1) is 21.3. The average Bonchev–Trinajstić information content (AvgIpc) is 3.07. The van der Waals surface area contributed by atoms with Crippen molar-refractivity contribution < 1.29 is 9.90 Å². The molecular weight excluding hydrogens is 441 g/mol. The second-order valence-electron chi connectivity index (χ2n) is 9.38. The Balaban J connectivity index is 1.97. The third kappa shape index (κ3) is 3.11. The fourth-order valence-electron chi connectivity index (χ4n) is 5.26. The van der Waals surface area contributed by atoms with Gasteiger partial charge in [0.15, 0.2) is 0 Å². The van der Waals surface area contributed by atoms with Crippen molar-refractivity contribution in [3.63, 3.8) is 0 Å². The van der Waals surface area contributed by atoms with Crippen molar-refractivity contribution in [2.45, 2.75) is 38.2 Å². The van der Waals surface area contributed by atoms with Crippen LogP contribution in [0.25, 0.3) is 33.3 Å². The smallest absolute Gasteiger partial charge is 0.242 e. The molecule has 0 aliphatic carbocycles. The molecule has 162 valence electrons. The molecule has 1 atom stereocenters. The van der Waals surface area contributed by atoms with Crippen LogP contribution in [0.5, 0.6) is 0 Å². The van der Waals surface area contributed by atoms with Crippen LogP contribution in [-0.4, -0.2) is 21.2 Å². The van der Waals surface area contributed by atoms with Gasteiger partial charge >= 0.3 is 0 Å². The Morgan fingerprint density at radius 1 is 1.00 bits per heavy atom. The summed E-state index contributed by atoms with van der Waals surface area (Å²) in [5.74, 6) is -0.0983. The Bertz CT molecular complexity index is 1380. The van der Waals surface area contributed by atoms with Crippen LogP contribution in [0.15, 0.2) is 66.7 Å². The van der Waals surface area contributed by atoms with Crippen molar-refractivity contribution in [1.82, 2.24) is 4.57 Å². The Kier molecular flexibility index (Phi) is 4.79. The van der Waals surface area contributed by atoms with Crippen LogP contribution >= 0.6 is 23.2 Å². The Morgan fingerprint density at radius 2 is 1.66 bits per heavy atom. The van der Waals surface area contributed by atoms with E-state index in [1.165, 1.54) is 0 Å². The summed E-state index contributed by atoms with van der Waals surface area (Å²) >= 11 is 13.1. The summed E-state index contributed by atoms with van der Waals surface area (Å²) in [6.07, 6.45) is 0.282. The zero-order valence-corrected chi connectivity index (χ0v) is 19.6. The normalized spacial score (nSPS) is 18.0. The molecule has 0 amide bonds. The maximum absolute atomic E-state index is 14.2. The van der Waals surface area contributed by atoms with Crippen molar-refractivity contribution in [3.05, 3.63) is 82.3 Å². The van der Waals surface area contributed by atoms with E-state index < -0.39 is 11.0 Å². The maximum atomic E-state index is 14.2. The molecule has 0 saturated carbocycles. The summed E-state index contributed by atoms with van der Waals surface area (Å²) in [4.78, 5) is 14.2. The number of aromatic nitrogens is 1. The summed E-state index contributed by atoms with van der Waals surface area (Å²) in [6.45, 7) is 5.39. The number of fused-ring (bicyclic) bond motifs is 5. The number of halogens is 2. The van der Waals surface area contributed by atoms with Crippen LogP contribution in [0.1, 0.15) is 37.6 Å². The summed E-state index contributed by atoms with van der Waals surface area (Å²) in [6, 6.07) is 21.4. The first-order valence-electron chi connectivity index (χ1n) is 10.6. The molecular formula is C27H23Cl2NO2. The molecule has 0 saturated heterocycles. The van der Waals surface area contributed by atoms with Gasteiger partial charge in [0.05, 0.1) is 27.2 Å². The lowest BCUT2D eigenvalue weighted by Gasteiger charge is -2.39. The number of hydrogen-bond acceptors (Lipinski definition) is 2. The lowest BCUT2D eigenvalue weighted by atomic mass is 9.70. The van der Waals surface area contributed by atoms with Gasteiger partial charge < -0.3 is 5.11 Å². The van der Waals surface area contributed by atoms with Crippen LogP contribution in [0.2, 0.25) is 10.0 Å². The summed E-state index contributed by atoms with van der Waals surface area (Å²) in [5, 5.41) is 12.5. The third-order valence-electron chi connectivity index (χ3n) is 6.29. The molecule has 2 heterocycles. The topological polar surface area (TPSA) is 42.2 Å². The van der Waals surface area contributed by atoms with E-state index >= 15 is 0 Å². The van der Waals surface area contributed by atoms with E-state index in [4.69, 9.17) is 23.2 Å². The van der Waals surface area contributed by atoms with Gasteiger partial charge in [0.25, 0.3) is 0 Å². The quantitative estimate of drug-likeness (QED) is 0.344. The first-order valence-corrected chi connectivity index (χ1v) is 11.3. The van der Waals surface area contributed by atoms with E-state index in [2.05, 4.69) is 0 Å². The Hall–Kier alpha value is -2.59. The van der Waals surface area contributed by atoms with Gasteiger partial charge in [-0.15, -0.1) is 0 Å². The predicted octanol–water partition coefficient (Wildman–Crippen LogP) is 7.35. The second kappa shape index (κ2) is 7.21. The molecule has 5 rings (SSSR count). The van der Waals surface area contributed by atoms with Crippen LogP contribution in [-0.2, 0) is 5.41 Å². The van der Waals surface area contributed by atoms with Crippen molar-refractivity contribution in [2.75, 3.05) is 0 Å². The molecule has 1 aliphatic heterocycles. The number of carbonyl (C=O) groups excluding carboxylic acids is 1. The predicted molar refractivity (Wildman–Crippen MR) is 132 cm³/mol. The molecule has 1 N–H and O–H groups in total. The van der Waals surface area contributed by atoms with E-state index in [1.807, 2.05) is 61.5 Å². The van der Waals surface area contributed by atoms with Crippen molar-refractivity contribution in [3.8, 4) is 22.4 Å². The lowest BCUT2D eigenvalue weighted by Crippen LogP contribution is -2.45. The van der Waals surface area contributed by atoms with Gasteiger partial charge in [0, 0.05) is 21.5 Å². The molecule has 5 heteroatoms. The minimum atomic E-state index is -1.03. The standard InChI is InChI=1S/C27H23Cl2NO2/c1-26(2,32)15-27(3)19-12-8-7-11-18(19)24-22(16-9-5-4-6-10-16)23-20(29)13-17(28)14-21(23)30(24)25(27)31/h4-14,32H,15H2,1-3H3/t27-/m1/s1.